The van der Waals surface area contributed by atoms with Gasteiger partial charge in [0, 0.05) is 42.8 Å². The first kappa shape index (κ1) is 19.3. The SMILES string of the molecule is Cc1cc(N(C)C)nc(Nc2ccc(NC(=O)c3ccc(C)c(F)c3)cc2)n1. The number of amides is 1. The zero-order valence-electron chi connectivity index (χ0n) is 16.2. The molecule has 1 heterocycles. The van der Waals surface area contributed by atoms with Crippen LogP contribution >= 0.6 is 0 Å². The van der Waals surface area contributed by atoms with Gasteiger partial charge in [-0.15, -0.1) is 0 Å². The van der Waals surface area contributed by atoms with Gasteiger partial charge in [-0.1, -0.05) is 6.07 Å². The number of aryl methyl sites for hydroxylation is 2. The van der Waals surface area contributed by atoms with Crippen LogP contribution in [-0.2, 0) is 0 Å². The fourth-order valence-electron chi connectivity index (χ4n) is 2.54. The zero-order chi connectivity index (χ0) is 20.3. The van der Waals surface area contributed by atoms with E-state index in [1.54, 1.807) is 31.2 Å². The summed E-state index contributed by atoms with van der Waals surface area (Å²) in [5.74, 6) is 0.541. The van der Waals surface area contributed by atoms with E-state index < -0.39 is 5.82 Å². The Bertz CT molecular complexity index is 1000. The third-order valence-electron chi connectivity index (χ3n) is 4.13. The van der Waals surface area contributed by atoms with E-state index in [-0.39, 0.29) is 11.5 Å². The maximum atomic E-state index is 13.6. The van der Waals surface area contributed by atoms with Crippen molar-refractivity contribution in [3.8, 4) is 0 Å². The van der Waals surface area contributed by atoms with E-state index in [9.17, 15) is 9.18 Å². The Morgan fingerprint density at radius 2 is 1.64 bits per heavy atom. The molecule has 3 aromatic rings. The molecule has 3 rings (SSSR count). The third-order valence-corrected chi connectivity index (χ3v) is 4.13. The van der Waals surface area contributed by atoms with Crippen molar-refractivity contribution in [1.82, 2.24) is 9.97 Å². The number of hydrogen-bond acceptors (Lipinski definition) is 5. The molecule has 0 saturated heterocycles. The van der Waals surface area contributed by atoms with E-state index in [0.717, 1.165) is 17.2 Å². The number of anilines is 4. The average Bonchev–Trinajstić information content (AvgIpc) is 2.65. The Labute approximate surface area is 163 Å². The third kappa shape index (κ3) is 4.62. The van der Waals surface area contributed by atoms with Gasteiger partial charge in [-0.2, -0.15) is 4.98 Å². The first-order valence-corrected chi connectivity index (χ1v) is 8.79. The molecule has 0 aliphatic rings. The number of rotatable bonds is 5. The molecule has 0 aliphatic heterocycles. The number of carbonyl (C=O) groups is 1. The number of halogens is 1. The Kier molecular flexibility index (Phi) is 5.54. The van der Waals surface area contributed by atoms with Crippen LogP contribution in [0.3, 0.4) is 0 Å². The fraction of sp³-hybridized carbons (Fsp3) is 0.190. The molecule has 2 N–H and O–H groups in total. The van der Waals surface area contributed by atoms with Gasteiger partial charge in [-0.05, 0) is 55.8 Å². The number of nitrogens with one attached hydrogen (secondary N) is 2. The van der Waals surface area contributed by atoms with Crippen LogP contribution in [0.5, 0.6) is 0 Å². The van der Waals surface area contributed by atoms with Crippen molar-refractivity contribution in [3.05, 3.63) is 71.2 Å². The predicted octanol–water partition coefficient (Wildman–Crippen LogP) is 4.29. The summed E-state index contributed by atoms with van der Waals surface area (Å²) in [6.07, 6.45) is 0. The molecule has 0 unspecified atom stereocenters. The van der Waals surface area contributed by atoms with Gasteiger partial charge < -0.3 is 15.5 Å². The minimum absolute atomic E-state index is 0.273. The smallest absolute Gasteiger partial charge is 0.255 e. The summed E-state index contributed by atoms with van der Waals surface area (Å²) in [4.78, 5) is 23.0. The summed E-state index contributed by atoms with van der Waals surface area (Å²) in [7, 11) is 3.84. The molecule has 0 atom stereocenters. The van der Waals surface area contributed by atoms with Crippen molar-refractivity contribution < 1.29 is 9.18 Å². The van der Waals surface area contributed by atoms with Gasteiger partial charge in [0.15, 0.2) is 0 Å². The van der Waals surface area contributed by atoms with Crippen LogP contribution < -0.4 is 15.5 Å². The number of aromatic nitrogens is 2. The lowest BCUT2D eigenvalue weighted by Gasteiger charge is -2.14. The van der Waals surface area contributed by atoms with Crippen LogP contribution in [0.4, 0.5) is 27.5 Å². The Morgan fingerprint density at radius 3 is 2.29 bits per heavy atom. The minimum Gasteiger partial charge on any atom is -0.363 e. The molecule has 144 valence electrons. The Hall–Kier alpha value is -3.48. The second kappa shape index (κ2) is 8.04. The van der Waals surface area contributed by atoms with Gasteiger partial charge in [-0.25, -0.2) is 9.37 Å². The van der Waals surface area contributed by atoms with Crippen LogP contribution in [0, 0.1) is 19.7 Å². The first-order valence-electron chi connectivity index (χ1n) is 8.79. The highest BCUT2D eigenvalue weighted by molar-refractivity contribution is 6.04. The highest BCUT2D eigenvalue weighted by Crippen LogP contribution is 2.20. The first-order chi connectivity index (χ1) is 13.3. The fourth-order valence-corrected chi connectivity index (χ4v) is 2.54. The summed E-state index contributed by atoms with van der Waals surface area (Å²) < 4.78 is 13.6. The molecule has 1 aromatic heterocycles. The molecule has 7 heteroatoms. The second-order valence-corrected chi connectivity index (χ2v) is 6.71. The number of benzene rings is 2. The Balaban J connectivity index is 1.70. The normalized spacial score (nSPS) is 10.5. The van der Waals surface area contributed by atoms with Gasteiger partial charge >= 0.3 is 0 Å². The van der Waals surface area contributed by atoms with Gasteiger partial charge in [0.25, 0.3) is 5.91 Å². The summed E-state index contributed by atoms with van der Waals surface area (Å²) in [6.45, 7) is 3.56. The molecule has 2 aromatic carbocycles. The lowest BCUT2D eigenvalue weighted by Crippen LogP contribution is -2.13. The van der Waals surface area contributed by atoms with Crippen LogP contribution in [-0.4, -0.2) is 30.0 Å². The quantitative estimate of drug-likeness (QED) is 0.692. The van der Waals surface area contributed by atoms with Crippen molar-refractivity contribution in [3.63, 3.8) is 0 Å². The minimum atomic E-state index is -0.401. The summed E-state index contributed by atoms with van der Waals surface area (Å²) in [5.41, 5.74) is 3.03. The van der Waals surface area contributed by atoms with Crippen molar-refractivity contribution >= 4 is 29.0 Å². The highest BCUT2D eigenvalue weighted by atomic mass is 19.1. The summed E-state index contributed by atoms with van der Waals surface area (Å²) in [6, 6.07) is 13.5. The molecule has 1 amide bonds. The van der Waals surface area contributed by atoms with Gasteiger partial charge in [-0.3, -0.25) is 4.79 Å². The van der Waals surface area contributed by atoms with Gasteiger partial charge in [0.1, 0.15) is 11.6 Å². The van der Waals surface area contributed by atoms with E-state index in [2.05, 4.69) is 20.6 Å². The molecular formula is C21H22FN5O. The van der Waals surface area contributed by atoms with E-state index in [1.807, 2.05) is 44.1 Å². The highest BCUT2D eigenvalue weighted by Gasteiger charge is 2.09. The van der Waals surface area contributed by atoms with E-state index in [4.69, 9.17) is 0 Å². The molecule has 0 radical (unpaired) electrons. The van der Waals surface area contributed by atoms with Crippen molar-refractivity contribution in [2.45, 2.75) is 13.8 Å². The lowest BCUT2D eigenvalue weighted by molar-refractivity contribution is 0.102. The van der Waals surface area contributed by atoms with Gasteiger partial charge in [0.2, 0.25) is 5.95 Å². The topological polar surface area (TPSA) is 70.2 Å². The molecule has 6 nitrogen and oxygen atoms in total. The average molecular weight is 379 g/mol. The number of hydrogen-bond donors (Lipinski definition) is 2. The van der Waals surface area contributed by atoms with Crippen molar-refractivity contribution in [1.29, 1.82) is 0 Å². The number of nitrogens with zero attached hydrogens (tertiary/aromatic N) is 3. The van der Waals surface area contributed by atoms with Crippen LogP contribution in [0.25, 0.3) is 0 Å². The molecule has 0 saturated carbocycles. The second-order valence-electron chi connectivity index (χ2n) is 6.71. The molecule has 0 fully saturated rings. The molecule has 0 aliphatic carbocycles. The maximum absolute atomic E-state index is 13.6. The van der Waals surface area contributed by atoms with Crippen LogP contribution in [0.1, 0.15) is 21.6 Å². The monoisotopic (exact) mass is 379 g/mol. The van der Waals surface area contributed by atoms with E-state index in [0.29, 0.717) is 17.2 Å². The molecule has 28 heavy (non-hydrogen) atoms. The van der Waals surface area contributed by atoms with Crippen molar-refractivity contribution in [2.24, 2.45) is 0 Å². The number of carbonyl (C=O) groups excluding carboxylic acids is 1. The maximum Gasteiger partial charge on any atom is 0.255 e. The van der Waals surface area contributed by atoms with Crippen LogP contribution in [0.2, 0.25) is 0 Å². The summed E-state index contributed by atoms with van der Waals surface area (Å²) in [5, 5.41) is 5.91. The lowest BCUT2D eigenvalue weighted by atomic mass is 10.1. The van der Waals surface area contributed by atoms with Crippen molar-refractivity contribution in [2.75, 3.05) is 29.6 Å². The zero-order valence-corrected chi connectivity index (χ0v) is 16.2. The van der Waals surface area contributed by atoms with E-state index >= 15 is 0 Å². The Morgan fingerprint density at radius 1 is 0.964 bits per heavy atom. The standard InChI is InChI=1S/C21H22FN5O/c1-13-5-6-15(12-18(13)22)20(28)24-16-7-9-17(10-8-16)25-21-23-14(2)11-19(26-21)27(3)4/h5-12H,1-4H3,(H,24,28)(H,23,25,26). The molecule has 0 bridgehead atoms. The largest absolute Gasteiger partial charge is 0.363 e. The molecule has 0 spiro atoms. The summed E-state index contributed by atoms with van der Waals surface area (Å²) >= 11 is 0. The molecular weight excluding hydrogens is 357 g/mol. The van der Waals surface area contributed by atoms with Gasteiger partial charge in [0.05, 0.1) is 0 Å². The van der Waals surface area contributed by atoms with E-state index in [1.165, 1.54) is 6.07 Å². The van der Waals surface area contributed by atoms with Crippen LogP contribution in [0.15, 0.2) is 48.5 Å². The predicted molar refractivity (Wildman–Crippen MR) is 110 cm³/mol.